The lowest BCUT2D eigenvalue weighted by atomic mass is 10.0. The van der Waals surface area contributed by atoms with E-state index in [1.807, 2.05) is 0 Å². The summed E-state index contributed by atoms with van der Waals surface area (Å²) in [6.07, 6.45) is 2.45. The number of methoxy groups -OCH3 is 5. The number of rotatable bonds is 9. The van der Waals surface area contributed by atoms with Crippen molar-refractivity contribution in [2.24, 2.45) is 0 Å². The van der Waals surface area contributed by atoms with Crippen molar-refractivity contribution in [2.75, 3.05) is 35.5 Å². The molecule has 0 saturated carbocycles. The van der Waals surface area contributed by atoms with E-state index in [1.165, 1.54) is 59.7 Å². The van der Waals surface area contributed by atoms with Gasteiger partial charge in [-0.25, -0.2) is 27.2 Å². The Hall–Kier alpha value is -4.56. The Morgan fingerprint density at radius 1 is 0.925 bits per heavy atom. The minimum Gasteiger partial charge on any atom is -0.494 e. The summed E-state index contributed by atoms with van der Waals surface area (Å²) in [5, 5.41) is 1.36. The van der Waals surface area contributed by atoms with Crippen LogP contribution in [0.15, 0.2) is 57.7 Å². The summed E-state index contributed by atoms with van der Waals surface area (Å²) in [4.78, 5) is 20.8. The third-order valence-corrected chi connectivity index (χ3v) is 8.80. The molecule has 14 heteroatoms. The molecule has 0 bridgehead atoms. The standard InChI is InChI=1S/C26H23N3O9S2/c1-33-17-7-6-16(24-21(28-13-38-24)14-8-18(34-2)25(36-4)19(9-14)35-3)22-23(17)29(12-27-22)40(31,32)15-10-20(39-11-15)26(30)37-5/h6-13H,1-5H3. The molecule has 0 saturated heterocycles. The zero-order valence-electron chi connectivity index (χ0n) is 22.0. The molecule has 3 heterocycles. The molecule has 5 aromatic rings. The second-order valence-corrected chi connectivity index (χ2v) is 10.9. The molecule has 0 radical (unpaired) electrons. The van der Waals surface area contributed by atoms with Crippen LogP contribution in [0.25, 0.3) is 33.6 Å². The first-order valence-electron chi connectivity index (χ1n) is 11.5. The number of nitrogens with zero attached hydrogens (tertiary/aromatic N) is 3. The largest absolute Gasteiger partial charge is 0.494 e. The monoisotopic (exact) mass is 585 g/mol. The fourth-order valence-corrected chi connectivity index (χ4v) is 6.71. The number of carbonyl (C=O) groups is 1. The van der Waals surface area contributed by atoms with Gasteiger partial charge in [-0.1, -0.05) is 0 Å². The van der Waals surface area contributed by atoms with Gasteiger partial charge in [0.15, 0.2) is 23.7 Å². The van der Waals surface area contributed by atoms with E-state index < -0.39 is 16.0 Å². The summed E-state index contributed by atoms with van der Waals surface area (Å²) >= 11 is 0.960. The van der Waals surface area contributed by atoms with Crippen LogP contribution in [0.3, 0.4) is 0 Å². The lowest BCUT2D eigenvalue weighted by Gasteiger charge is -2.14. The van der Waals surface area contributed by atoms with Crippen molar-refractivity contribution in [3.8, 4) is 45.6 Å². The van der Waals surface area contributed by atoms with Gasteiger partial charge in [0, 0.05) is 16.5 Å². The summed E-state index contributed by atoms with van der Waals surface area (Å²) in [6, 6.07) is 8.02. The van der Waals surface area contributed by atoms with Crippen LogP contribution in [0.5, 0.6) is 23.0 Å². The van der Waals surface area contributed by atoms with Gasteiger partial charge in [0.2, 0.25) is 5.75 Å². The Morgan fingerprint density at radius 3 is 2.25 bits per heavy atom. The van der Waals surface area contributed by atoms with Gasteiger partial charge < -0.3 is 28.1 Å². The maximum absolute atomic E-state index is 13.6. The van der Waals surface area contributed by atoms with Crippen LogP contribution in [-0.4, -0.2) is 63.9 Å². The Kier molecular flexibility index (Phi) is 7.12. The van der Waals surface area contributed by atoms with E-state index in [1.54, 1.807) is 24.3 Å². The zero-order chi connectivity index (χ0) is 28.6. The SMILES string of the molecule is COC(=O)c1cc(S(=O)(=O)n2cnc3c(-c4ocnc4-c4cc(OC)c(OC)c(OC)c4)ccc(OC)c32)cs1. The molecular formula is C26H23N3O9S2. The van der Waals surface area contributed by atoms with Crippen LogP contribution in [-0.2, 0) is 14.8 Å². The average Bonchev–Trinajstić information content (AvgIpc) is 3.75. The quantitative estimate of drug-likeness (QED) is 0.226. The molecule has 5 rings (SSSR count). The molecule has 0 fully saturated rings. The molecule has 12 nitrogen and oxygen atoms in total. The number of thiophene rings is 1. The topological polar surface area (TPSA) is 141 Å². The van der Waals surface area contributed by atoms with Crippen molar-refractivity contribution < 1.29 is 41.3 Å². The maximum Gasteiger partial charge on any atom is 0.348 e. The fraction of sp³-hybridized carbons (Fsp3) is 0.192. The van der Waals surface area contributed by atoms with Crippen LogP contribution in [0.2, 0.25) is 0 Å². The lowest BCUT2D eigenvalue weighted by Crippen LogP contribution is -2.11. The van der Waals surface area contributed by atoms with Gasteiger partial charge in [0.1, 0.15) is 33.7 Å². The minimum absolute atomic E-state index is 0.0950. The molecule has 0 aliphatic rings. The van der Waals surface area contributed by atoms with E-state index in [4.69, 9.17) is 28.1 Å². The van der Waals surface area contributed by atoms with Crippen LogP contribution < -0.4 is 18.9 Å². The van der Waals surface area contributed by atoms with Gasteiger partial charge >= 0.3 is 5.97 Å². The Labute approximate surface area is 232 Å². The van der Waals surface area contributed by atoms with Crippen molar-refractivity contribution in [2.45, 2.75) is 4.90 Å². The van der Waals surface area contributed by atoms with Crippen molar-refractivity contribution in [3.63, 3.8) is 0 Å². The molecule has 0 amide bonds. The highest BCUT2D eigenvalue weighted by atomic mass is 32.2. The van der Waals surface area contributed by atoms with Crippen LogP contribution in [0, 0.1) is 0 Å². The molecule has 40 heavy (non-hydrogen) atoms. The zero-order valence-corrected chi connectivity index (χ0v) is 23.6. The second kappa shape index (κ2) is 10.5. The molecular weight excluding hydrogens is 562 g/mol. The van der Waals surface area contributed by atoms with E-state index >= 15 is 0 Å². The number of esters is 1. The summed E-state index contributed by atoms with van der Waals surface area (Å²) in [5.41, 5.74) is 1.97. The minimum atomic E-state index is -4.17. The molecule has 208 valence electrons. The molecule has 0 aliphatic carbocycles. The van der Waals surface area contributed by atoms with Gasteiger partial charge in [-0.05, 0) is 30.3 Å². The first-order valence-corrected chi connectivity index (χ1v) is 13.8. The summed E-state index contributed by atoms with van der Waals surface area (Å²) in [5.74, 6) is 1.21. The van der Waals surface area contributed by atoms with Crippen LogP contribution in [0.4, 0.5) is 0 Å². The first kappa shape index (κ1) is 27.0. The summed E-state index contributed by atoms with van der Waals surface area (Å²) < 4.78 is 60.7. The number of ether oxygens (including phenoxy) is 5. The smallest absolute Gasteiger partial charge is 0.348 e. The third kappa shape index (κ3) is 4.30. The molecule has 0 N–H and O–H groups in total. The van der Waals surface area contributed by atoms with Crippen molar-refractivity contribution in [3.05, 3.63) is 53.3 Å². The van der Waals surface area contributed by atoms with Gasteiger partial charge in [0.05, 0.1) is 40.4 Å². The van der Waals surface area contributed by atoms with Gasteiger partial charge in [-0.2, -0.15) is 0 Å². The number of benzene rings is 2. The highest BCUT2D eigenvalue weighted by molar-refractivity contribution is 7.90. The Morgan fingerprint density at radius 2 is 1.62 bits per heavy atom. The highest BCUT2D eigenvalue weighted by Gasteiger charge is 2.28. The van der Waals surface area contributed by atoms with Crippen molar-refractivity contribution in [1.29, 1.82) is 0 Å². The van der Waals surface area contributed by atoms with Gasteiger partial charge in [-0.3, -0.25) is 0 Å². The van der Waals surface area contributed by atoms with Crippen LogP contribution >= 0.6 is 11.3 Å². The van der Waals surface area contributed by atoms with Crippen molar-refractivity contribution >= 4 is 38.4 Å². The van der Waals surface area contributed by atoms with E-state index in [2.05, 4.69) is 9.97 Å². The number of hydrogen-bond acceptors (Lipinski definition) is 12. The number of oxazole rings is 1. The summed E-state index contributed by atoms with van der Waals surface area (Å²) in [7, 11) is 3.00. The molecule has 3 aromatic heterocycles. The second-order valence-electron chi connectivity index (χ2n) is 8.14. The predicted molar refractivity (Wildman–Crippen MR) is 145 cm³/mol. The molecule has 0 spiro atoms. The number of hydrogen-bond donors (Lipinski definition) is 0. The fourth-order valence-electron chi connectivity index (χ4n) is 4.24. The average molecular weight is 586 g/mol. The predicted octanol–water partition coefficient (Wildman–Crippen LogP) is 4.48. The Balaban J connectivity index is 1.69. The van der Waals surface area contributed by atoms with Crippen molar-refractivity contribution in [1.82, 2.24) is 13.9 Å². The normalized spacial score (nSPS) is 11.4. The molecule has 0 atom stereocenters. The highest BCUT2D eigenvalue weighted by Crippen LogP contribution is 2.44. The van der Waals surface area contributed by atoms with Gasteiger partial charge in [-0.15, -0.1) is 11.3 Å². The number of fused-ring (bicyclic) bond motifs is 1. The van der Waals surface area contributed by atoms with E-state index in [9.17, 15) is 13.2 Å². The van der Waals surface area contributed by atoms with E-state index in [-0.39, 0.29) is 26.6 Å². The van der Waals surface area contributed by atoms with E-state index in [0.717, 1.165) is 15.3 Å². The molecule has 2 aromatic carbocycles. The molecule has 0 aliphatic heterocycles. The molecule has 0 unspecified atom stereocenters. The number of imidazole rings is 1. The lowest BCUT2D eigenvalue weighted by molar-refractivity contribution is 0.0606. The first-order chi connectivity index (χ1) is 19.3. The van der Waals surface area contributed by atoms with Gasteiger partial charge in [0.25, 0.3) is 10.0 Å². The Bertz CT molecular complexity index is 1810. The number of aromatic nitrogens is 3. The third-order valence-electron chi connectivity index (χ3n) is 6.12. The summed E-state index contributed by atoms with van der Waals surface area (Å²) in [6.45, 7) is 0. The van der Waals surface area contributed by atoms with E-state index in [0.29, 0.717) is 39.8 Å². The maximum atomic E-state index is 13.6. The van der Waals surface area contributed by atoms with Crippen LogP contribution in [0.1, 0.15) is 9.67 Å². The number of carbonyl (C=O) groups excluding carboxylic acids is 1.